The zero-order chi connectivity index (χ0) is 14.7. The molecule has 7 nitrogen and oxygen atoms in total. The Balaban J connectivity index is 2.40. The minimum Gasteiger partial charge on any atom is -0.497 e. The summed E-state index contributed by atoms with van der Waals surface area (Å²) in [5.74, 6) is 0.172. The van der Waals surface area contributed by atoms with Crippen LogP contribution in [-0.4, -0.2) is 23.0 Å². The molecule has 0 aliphatic heterocycles. The molecule has 0 bridgehead atoms. The Morgan fingerprint density at radius 1 is 1.25 bits per heavy atom. The van der Waals surface area contributed by atoms with Gasteiger partial charge in [0.05, 0.1) is 7.11 Å². The van der Waals surface area contributed by atoms with Crippen molar-refractivity contribution in [1.29, 1.82) is 0 Å². The lowest BCUT2D eigenvalue weighted by Crippen LogP contribution is -2.11. The second kappa shape index (κ2) is 5.62. The van der Waals surface area contributed by atoms with E-state index in [-0.39, 0.29) is 22.3 Å². The Morgan fingerprint density at radius 3 is 2.60 bits per heavy atom. The topological polar surface area (TPSA) is 113 Å². The van der Waals surface area contributed by atoms with E-state index in [0.29, 0.717) is 11.5 Å². The van der Waals surface area contributed by atoms with Crippen LogP contribution in [0.15, 0.2) is 24.5 Å². The van der Waals surface area contributed by atoms with Crippen LogP contribution >= 0.6 is 11.6 Å². The first kappa shape index (κ1) is 13.9. The van der Waals surface area contributed by atoms with Crippen LogP contribution in [0.1, 0.15) is 10.4 Å². The fraction of sp³-hybridized carbons (Fsp3) is 0.0833. The molecule has 0 atom stereocenters. The first-order valence-electron chi connectivity index (χ1n) is 5.44. The highest BCUT2D eigenvalue weighted by Crippen LogP contribution is 2.31. The molecule has 1 heterocycles. The van der Waals surface area contributed by atoms with Crippen molar-refractivity contribution in [3.63, 3.8) is 0 Å². The van der Waals surface area contributed by atoms with E-state index in [0.717, 1.165) is 0 Å². The summed E-state index contributed by atoms with van der Waals surface area (Å²) in [4.78, 5) is 18.8. The summed E-state index contributed by atoms with van der Waals surface area (Å²) in [7, 11) is 1.46. The van der Waals surface area contributed by atoms with Gasteiger partial charge in [-0.2, -0.15) is 4.98 Å². The standard InChI is InChI=1S/C12H11ClN4O3/c1-19-7-2-6(11(15)18)3-8(4-7)20-12-9(14)10(13)16-5-17-12/h2-5H,14H2,1H3,(H2,15,18). The van der Waals surface area contributed by atoms with E-state index in [4.69, 9.17) is 32.5 Å². The van der Waals surface area contributed by atoms with Gasteiger partial charge in [-0.25, -0.2) is 4.98 Å². The quantitative estimate of drug-likeness (QED) is 0.828. The minimum atomic E-state index is -0.609. The lowest BCUT2D eigenvalue weighted by Gasteiger charge is -2.10. The number of carbonyl (C=O) groups is 1. The third kappa shape index (κ3) is 2.89. The zero-order valence-electron chi connectivity index (χ0n) is 10.5. The third-order valence-electron chi connectivity index (χ3n) is 2.41. The second-order valence-electron chi connectivity index (χ2n) is 3.75. The Hall–Kier alpha value is -2.54. The molecule has 0 saturated carbocycles. The maximum Gasteiger partial charge on any atom is 0.248 e. The molecule has 8 heteroatoms. The molecule has 0 spiro atoms. The average molecular weight is 295 g/mol. The van der Waals surface area contributed by atoms with E-state index in [1.54, 1.807) is 6.07 Å². The Bertz CT molecular complexity index is 663. The van der Waals surface area contributed by atoms with Crippen LogP contribution in [-0.2, 0) is 0 Å². The molecule has 2 aromatic rings. The number of methoxy groups -OCH3 is 1. The molecule has 4 N–H and O–H groups in total. The Morgan fingerprint density at radius 2 is 1.95 bits per heavy atom. The van der Waals surface area contributed by atoms with Gasteiger partial charge in [0.1, 0.15) is 23.5 Å². The van der Waals surface area contributed by atoms with Gasteiger partial charge in [0.25, 0.3) is 0 Å². The predicted molar refractivity (Wildman–Crippen MR) is 73.0 cm³/mol. The molecule has 104 valence electrons. The van der Waals surface area contributed by atoms with Gasteiger partial charge in [-0.1, -0.05) is 11.6 Å². The average Bonchev–Trinajstić information content (AvgIpc) is 2.43. The van der Waals surface area contributed by atoms with Crippen LogP contribution in [0.3, 0.4) is 0 Å². The van der Waals surface area contributed by atoms with E-state index < -0.39 is 5.91 Å². The van der Waals surface area contributed by atoms with Crippen molar-refractivity contribution in [2.75, 3.05) is 12.8 Å². The molecule has 0 fully saturated rings. The summed E-state index contributed by atoms with van der Waals surface area (Å²) >= 11 is 5.77. The zero-order valence-corrected chi connectivity index (χ0v) is 11.2. The maximum absolute atomic E-state index is 11.2. The van der Waals surface area contributed by atoms with Crippen molar-refractivity contribution in [2.45, 2.75) is 0 Å². The molecule has 1 aromatic heterocycles. The van der Waals surface area contributed by atoms with E-state index in [9.17, 15) is 4.79 Å². The summed E-state index contributed by atoms with van der Waals surface area (Å²) in [6.07, 6.45) is 1.21. The van der Waals surface area contributed by atoms with Gasteiger partial charge in [-0.15, -0.1) is 0 Å². The number of hydrogen-bond acceptors (Lipinski definition) is 6. The largest absolute Gasteiger partial charge is 0.497 e. The highest BCUT2D eigenvalue weighted by molar-refractivity contribution is 6.32. The molecule has 0 unspecified atom stereocenters. The van der Waals surface area contributed by atoms with E-state index in [1.165, 1.54) is 25.6 Å². The fourth-order valence-corrected chi connectivity index (χ4v) is 1.57. The minimum absolute atomic E-state index is 0.0769. The van der Waals surface area contributed by atoms with Crippen molar-refractivity contribution < 1.29 is 14.3 Å². The number of halogens is 1. The first-order chi connectivity index (χ1) is 9.51. The van der Waals surface area contributed by atoms with Crippen LogP contribution in [0.25, 0.3) is 0 Å². The molecule has 1 amide bonds. The SMILES string of the molecule is COc1cc(Oc2ncnc(Cl)c2N)cc(C(N)=O)c1. The summed E-state index contributed by atoms with van der Waals surface area (Å²) in [6, 6.07) is 4.49. The van der Waals surface area contributed by atoms with Gasteiger partial charge in [0.2, 0.25) is 11.8 Å². The number of benzene rings is 1. The van der Waals surface area contributed by atoms with Crippen molar-refractivity contribution in [3.05, 3.63) is 35.2 Å². The summed E-state index contributed by atoms with van der Waals surface area (Å²) in [5.41, 5.74) is 11.3. The first-order valence-corrected chi connectivity index (χ1v) is 5.81. The summed E-state index contributed by atoms with van der Waals surface area (Å²) < 4.78 is 10.5. The smallest absolute Gasteiger partial charge is 0.248 e. The lowest BCUT2D eigenvalue weighted by atomic mass is 10.2. The molecule has 2 rings (SSSR count). The Labute approximate surface area is 119 Å². The number of ether oxygens (including phenoxy) is 2. The molecule has 0 saturated heterocycles. The van der Waals surface area contributed by atoms with Crippen molar-refractivity contribution in [3.8, 4) is 17.4 Å². The van der Waals surface area contributed by atoms with E-state index >= 15 is 0 Å². The van der Waals surface area contributed by atoms with Crippen LogP contribution in [0.2, 0.25) is 5.15 Å². The van der Waals surface area contributed by atoms with Crippen LogP contribution in [0.5, 0.6) is 17.4 Å². The predicted octanol–water partition coefficient (Wildman–Crippen LogP) is 1.61. The van der Waals surface area contributed by atoms with Gasteiger partial charge in [0, 0.05) is 11.6 Å². The van der Waals surface area contributed by atoms with Gasteiger partial charge < -0.3 is 20.9 Å². The third-order valence-corrected chi connectivity index (χ3v) is 2.71. The molecule has 0 aliphatic carbocycles. The van der Waals surface area contributed by atoms with Gasteiger partial charge >= 0.3 is 0 Å². The van der Waals surface area contributed by atoms with Crippen LogP contribution in [0.4, 0.5) is 5.69 Å². The van der Waals surface area contributed by atoms with Crippen LogP contribution in [0, 0.1) is 0 Å². The number of nitrogens with two attached hydrogens (primary N) is 2. The van der Waals surface area contributed by atoms with E-state index in [2.05, 4.69) is 9.97 Å². The fourth-order valence-electron chi connectivity index (χ4n) is 1.44. The van der Waals surface area contributed by atoms with Gasteiger partial charge in [-0.3, -0.25) is 4.79 Å². The van der Waals surface area contributed by atoms with E-state index in [1.807, 2.05) is 0 Å². The number of carbonyl (C=O) groups excluding carboxylic acids is 1. The maximum atomic E-state index is 11.2. The normalized spacial score (nSPS) is 10.1. The van der Waals surface area contributed by atoms with Crippen molar-refractivity contribution >= 4 is 23.2 Å². The number of anilines is 1. The Kier molecular flexibility index (Phi) is 3.90. The van der Waals surface area contributed by atoms with Crippen molar-refractivity contribution in [2.24, 2.45) is 5.73 Å². The summed E-state index contributed by atoms with van der Waals surface area (Å²) in [5, 5.41) is 0.0769. The number of hydrogen-bond donors (Lipinski definition) is 2. The van der Waals surface area contributed by atoms with Crippen molar-refractivity contribution in [1.82, 2.24) is 9.97 Å². The number of aromatic nitrogens is 2. The molecule has 20 heavy (non-hydrogen) atoms. The number of amides is 1. The van der Waals surface area contributed by atoms with Gasteiger partial charge in [0.15, 0.2) is 5.15 Å². The number of nitrogens with zero attached hydrogens (tertiary/aromatic N) is 2. The second-order valence-corrected chi connectivity index (χ2v) is 4.10. The highest BCUT2D eigenvalue weighted by atomic mass is 35.5. The molecular formula is C12H11ClN4O3. The highest BCUT2D eigenvalue weighted by Gasteiger charge is 2.11. The number of nitrogen functional groups attached to an aromatic ring is 1. The molecule has 0 aliphatic rings. The van der Waals surface area contributed by atoms with Gasteiger partial charge in [-0.05, 0) is 12.1 Å². The summed E-state index contributed by atoms with van der Waals surface area (Å²) in [6.45, 7) is 0. The molecule has 0 radical (unpaired) electrons. The number of primary amides is 1. The lowest BCUT2D eigenvalue weighted by molar-refractivity contribution is 0.0999. The number of rotatable bonds is 4. The monoisotopic (exact) mass is 294 g/mol. The molecular weight excluding hydrogens is 284 g/mol. The van der Waals surface area contributed by atoms with Crippen LogP contribution < -0.4 is 20.9 Å². The molecule has 1 aromatic carbocycles.